The predicted octanol–water partition coefficient (Wildman–Crippen LogP) is 3.30. The summed E-state index contributed by atoms with van der Waals surface area (Å²) in [7, 11) is 0. The molecule has 2 aromatic carbocycles. The lowest BCUT2D eigenvalue weighted by molar-refractivity contribution is -0.131. The number of rotatable bonds is 6. The largest absolute Gasteiger partial charge is 0.494 e. The van der Waals surface area contributed by atoms with E-state index in [2.05, 4.69) is 5.32 Å². The van der Waals surface area contributed by atoms with Crippen molar-refractivity contribution < 1.29 is 23.8 Å². The summed E-state index contributed by atoms with van der Waals surface area (Å²) in [5.41, 5.74) is -0.496. The molecule has 1 atom stereocenters. The summed E-state index contributed by atoms with van der Waals surface area (Å²) in [6.45, 7) is 2.47. The highest BCUT2D eigenvalue weighted by molar-refractivity contribution is 6.30. The van der Waals surface area contributed by atoms with Gasteiger partial charge in [-0.3, -0.25) is 9.69 Å². The molecular weight excluding hydrogens is 384 g/mol. The molecule has 3 amide bonds. The quantitative estimate of drug-likeness (QED) is 0.592. The number of nitrogens with zero attached hydrogens (tertiary/aromatic N) is 1. The topological polar surface area (TPSA) is 77.1 Å². The van der Waals surface area contributed by atoms with Crippen molar-refractivity contribution in [1.29, 1.82) is 0 Å². The third kappa shape index (κ3) is 3.33. The van der Waals surface area contributed by atoms with Crippen molar-refractivity contribution >= 4 is 23.5 Å². The van der Waals surface area contributed by atoms with Crippen molar-refractivity contribution in [3.8, 4) is 17.2 Å². The van der Waals surface area contributed by atoms with Crippen LogP contribution in [0, 0.1) is 0 Å². The fourth-order valence-corrected chi connectivity index (χ4v) is 3.37. The number of imide groups is 1. The minimum atomic E-state index is -1.14. The Morgan fingerprint density at radius 3 is 2.68 bits per heavy atom. The summed E-state index contributed by atoms with van der Waals surface area (Å²) >= 11 is 5.84. The van der Waals surface area contributed by atoms with E-state index in [4.69, 9.17) is 25.8 Å². The number of ether oxygens (including phenoxy) is 3. The van der Waals surface area contributed by atoms with E-state index in [0.29, 0.717) is 40.9 Å². The number of carbonyl (C=O) groups is 2. The third-order valence-electron chi connectivity index (χ3n) is 4.83. The summed E-state index contributed by atoms with van der Waals surface area (Å²) in [4.78, 5) is 26.6. The molecule has 2 aliphatic heterocycles. The number of hydrogen-bond acceptors (Lipinski definition) is 5. The zero-order chi connectivity index (χ0) is 19.7. The molecule has 0 spiro atoms. The Kier molecular flexibility index (Phi) is 4.77. The maximum Gasteiger partial charge on any atom is 0.325 e. The minimum absolute atomic E-state index is 0.148. The Morgan fingerprint density at radius 1 is 1.14 bits per heavy atom. The van der Waals surface area contributed by atoms with Crippen LogP contribution in [-0.2, 0) is 10.3 Å². The van der Waals surface area contributed by atoms with Crippen LogP contribution < -0.4 is 19.5 Å². The Balaban J connectivity index is 1.38. The second-order valence-electron chi connectivity index (χ2n) is 6.74. The van der Waals surface area contributed by atoms with E-state index in [-0.39, 0.29) is 19.2 Å². The first-order valence-electron chi connectivity index (χ1n) is 8.90. The molecule has 1 saturated heterocycles. The van der Waals surface area contributed by atoms with Gasteiger partial charge in [-0.05, 0) is 55.3 Å². The smallest absolute Gasteiger partial charge is 0.325 e. The van der Waals surface area contributed by atoms with Crippen molar-refractivity contribution in [2.24, 2.45) is 0 Å². The molecule has 0 radical (unpaired) electrons. The Bertz CT molecular complexity index is 917. The van der Waals surface area contributed by atoms with Gasteiger partial charge in [0.25, 0.3) is 5.91 Å². The SMILES string of the molecule is CC1(c2ccc3c(c2)OCO3)NC(=O)N(CCCOc2ccc(Cl)cc2)C1=O. The average molecular weight is 403 g/mol. The first kappa shape index (κ1) is 18.4. The molecular formula is C20H19ClN2O5. The van der Waals surface area contributed by atoms with E-state index >= 15 is 0 Å². The number of fused-ring (bicyclic) bond motifs is 1. The van der Waals surface area contributed by atoms with Crippen LogP contribution in [0.1, 0.15) is 18.9 Å². The third-order valence-corrected chi connectivity index (χ3v) is 5.09. The molecule has 1 unspecified atom stereocenters. The molecule has 2 aromatic rings. The van der Waals surface area contributed by atoms with E-state index in [1.54, 1.807) is 49.4 Å². The lowest BCUT2D eigenvalue weighted by Gasteiger charge is -2.22. The van der Waals surface area contributed by atoms with E-state index < -0.39 is 11.6 Å². The van der Waals surface area contributed by atoms with Crippen molar-refractivity contribution in [1.82, 2.24) is 10.2 Å². The zero-order valence-corrected chi connectivity index (χ0v) is 16.0. The van der Waals surface area contributed by atoms with Gasteiger partial charge in [-0.1, -0.05) is 17.7 Å². The highest BCUT2D eigenvalue weighted by Crippen LogP contribution is 2.37. The van der Waals surface area contributed by atoms with Crippen LogP contribution in [0.15, 0.2) is 42.5 Å². The predicted molar refractivity (Wildman–Crippen MR) is 102 cm³/mol. The molecule has 146 valence electrons. The zero-order valence-electron chi connectivity index (χ0n) is 15.2. The fraction of sp³-hybridized carbons (Fsp3) is 0.300. The monoisotopic (exact) mass is 402 g/mol. The van der Waals surface area contributed by atoms with Crippen LogP contribution in [0.4, 0.5) is 4.79 Å². The molecule has 0 saturated carbocycles. The van der Waals surface area contributed by atoms with Crippen molar-refractivity contribution in [2.45, 2.75) is 18.9 Å². The van der Waals surface area contributed by atoms with Crippen molar-refractivity contribution in [3.05, 3.63) is 53.1 Å². The van der Waals surface area contributed by atoms with Crippen LogP contribution in [0.3, 0.4) is 0 Å². The highest BCUT2D eigenvalue weighted by Gasteiger charge is 2.49. The van der Waals surface area contributed by atoms with E-state index in [1.165, 1.54) is 4.90 Å². The number of amides is 3. The van der Waals surface area contributed by atoms with Crippen LogP contribution in [0.5, 0.6) is 17.2 Å². The van der Waals surface area contributed by atoms with Gasteiger partial charge >= 0.3 is 6.03 Å². The molecule has 8 heteroatoms. The van der Waals surface area contributed by atoms with E-state index in [0.717, 1.165) is 0 Å². The number of carbonyl (C=O) groups excluding carboxylic acids is 2. The maximum atomic E-state index is 13.0. The second-order valence-corrected chi connectivity index (χ2v) is 7.17. The number of halogens is 1. The standard InChI is InChI=1S/C20H19ClN2O5/c1-20(13-3-8-16-17(11-13)28-12-27-16)18(24)23(19(25)22-20)9-2-10-26-15-6-4-14(21)5-7-15/h3-8,11H,2,9-10,12H2,1H3,(H,22,25). The van der Waals surface area contributed by atoms with Gasteiger partial charge in [-0.2, -0.15) is 0 Å². The maximum absolute atomic E-state index is 13.0. The first-order valence-corrected chi connectivity index (χ1v) is 9.28. The summed E-state index contributed by atoms with van der Waals surface area (Å²) < 4.78 is 16.3. The molecule has 1 fully saturated rings. The summed E-state index contributed by atoms with van der Waals surface area (Å²) in [5.74, 6) is 1.57. The molecule has 1 N–H and O–H groups in total. The van der Waals surface area contributed by atoms with Gasteiger partial charge in [0.05, 0.1) is 6.61 Å². The molecule has 4 rings (SSSR count). The lowest BCUT2D eigenvalue weighted by atomic mass is 9.91. The van der Waals surface area contributed by atoms with Crippen LogP contribution in [-0.4, -0.2) is 36.8 Å². The van der Waals surface area contributed by atoms with Gasteiger partial charge in [-0.15, -0.1) is 0 Å². The Hall–Kier alpha value is -2.93. The van der Waals surface area contributed by atoms with E-state index in [9.17, 15) is 9.59 Å². The fourth-order valence-electron chi connectivity index (χ4n) is 3.25. The van der Waals surface area contributed by atoms with Crippen molar-refractivity contribution in [3.63, 3.8) is 0 Å². The Morgan fingerprint density at radius 2 is 1.89 bits per heavy atom. The Labute approximate surface area is 167 Å². The number of nitrogens with one attached hydrogen (secondary N) is 1. The van der Waals surface area contributed by atoms with Gasteiger partial charge in [-0.25, -0.2) is 4.79 Å². The van der Waals surface area contributed by atoms with Crippen LogP contribution in [0.2, 0.25) is 5.02 Å². The van der Waals surface area contributed by atoms with Crippen LogP contribution in [0.25, 0.3) is 0 Å². The first-order chi connectivity index (χ1) is 13.5. The number of urea groups is 1. The molecule has 7 nitrogen and oxygen atoms in total. The van der Waals surface area contributed by atoms with Crippen LogP contribution >= 0.6 is 11.6 Å². The molecule has 0 aromatic heterocycles. The molecule has 2 aliphatic rings. The van der Waals surface area contributed by atoms with E-state index in [1.807, 2.05) is 0 Å². The van der Waals surface area contributed by atoms with Gasteiger partial charge in [0.2, 0.25) is 6.79 Å². The average Bonchev–Trinajstić information content (AvgIpc) is 3.24. The van der Waals surface area contributed by atoms with Gasteiger partial charge in [0.1, 0.15) is 11.3 Å². The lowest BCUT2D eigenvalue weighted by Crippen LogP contribution is -2.41. The highest BCUT2D eigenvalue weighted by atomic mass is 35.5. The number of benzene rings is 2. The van der Waals surface area contributed by atoms with Gasteiger partial charge < -0.3 is 19.5 Å². The molecule has 0 aliphatic carbocycles. The molecule has 0 bridgehead atoms. The van der Waals surface area contributed by atoms with Gasteiger partial charge in [0.15, 0.2) is 11.5 Å². The normalized spacial score (nSPS) is 20.4. The summed E-state index contributed by atoms with van der Waals surface area (Å²) in [5, 5.41) is 3.42. The second kappa shape index (κ2) is 7.24. The van der Waals surface area contributed by atoms with Gasteiger partial charge in [0, 0.05) is 11.6 Å². The minimum Gasteiger partial charge on any atom is -0.494 e. The number of hydrogen-bond donors (Lipinski definition) is 1. The van der Waals surface area contributed by atoms with Crippen molar-refractivity contribution in [2.75, 3.05) is 19.9 Å². The summed E-state index contributed by atoms with van der Waals surface area (Å²) in [6, 6.07) is 11.8. The summed E-state index contributed by atoms with van der Waals surface area (Å²) in [6.07, 6.45) is 0.513. The molecule has 2 heterocycles. The molecule has 28 heavy (non-hydrogen) atoms.